The van der Waals surface area contributed by atoms with E-state index in [0.29, 0.717) is 24.9 Å². The highest BCUT2D eigenvalue weighted by molar-refractivity contribution is 7.89. The molecule has 128 valence electrons. The molecule has 0 aromatic carbocycles. The van der Waals surface area contributed by atoms with Gasteiger partial charge in [-0.15, -0.1) is 0 Å². The monoisotopic (exact) mass is 342 g/mol. The van der Waals surface area contributed by atoms with Gasteiger partial charge in [0.15, 0.2) is 5.76 Å². The van der Waals surface area contributed by atoms with E-state index < -0.39 is 16.1 Å². The normalized spacial score (nSPS) is 25.6. The van der Waals surface area contributed by atoms with Gasteiger partial charge in [0.05, 0.1) is 6.04 Å². The van der Waals surface area contributed by atoms with Gasteiger partial charge in [-0.05, 0) is 32.6 Å². The van der Waals surface area contributed by atoms with Gasteiger partial charge in [0, 0.05) is 26.2 Å². The van der Waals surface area contributed by atoms with Gasteiger partial charge >= 0.3 is 0 Å². The molecule has 8 nitrogen and oxygen atoms in total. The molecule has 0 spiro atoms. The van der Waals surface area contributed by atoms with Crippen LogP contribution in [0.4, 0.5) is 0 Å². The summed E-state index contributed by atoms with van der Waals surface area (Å²) in [6.45, 7) is 7.90. The molecule has 3 heterocycles. The number of likely N-dealkylation sites (tertiary alicyclic amines) is 1. The maximum atomic E-state index is 12.5. The summed E-state index contributed by atoms with van der Waals surface area (Å²) in [5.74, 6) is 0.988. The van der Waals surface area contributed by atoms with E-state index >= 15 is 0 Å². The van der Waals surface area contributed by atoms with Crippen molar-refractivity contribution in [3.05, 3.63) is 11.5 Å². The number of aromatic nitrogens is 1. The number of nitrogens with one attached hydrogen (secondary N) is 2. The Bertz CT molecular complexity index is 683. The van der Waals surface area contributed by atoms with Crippen LogP contribution in [0.1, 0.15) is 18.4 Å². The zero-order chi connectivity index (χ0) is 16.8. The van der Waals surface area contributed by atoms with E-state index in [1.807, 2.05) is 0 Å². The predicted octanol–water partition coefficient (Wildman–Crippen LogP) is -0.364. The van der Waals surface area contributed by atoms with Crippen molar-refractivity contribution >= 4 is 15.9 Å². The van der Waals surface area contributed by atoms with Gasteiger partial charge in [0.2, 0.25) is 15.9 Å². The molecule has 0 saturated carbocycles. The van der Waals surface area contributed by atoms with Crippen LogP contribution in [0.15, 0.2) is 9.42 Å². The van der Waals surface area contributed by atoms with Crippen molar-refractivity contribution < 1.29 is 17.7 Å². The third-order valence-corrected chi connectivity index (χ3v) is 6.42. The van der Waals surface area contributed by atoms with E-state index in [2.05, 4.69) is 15.2 Å². The first-order valence-corrected chi connectivity index (χ1v) is 9.22. The molecule has 3 rings (SSSR count). The van der Waals surface area contributed by atoms with Crippen LogP contribution in [-0.2, 0) is 14.8 Å². The number of amides is 1. The maximum Gasteiger partial charge on any atom is 0.246 e. The van der Waals surface area contributed by atoms with Crippen molar-refractivity contribution in [2.45, 2.75) is 31.7 Å². The second kappa shape index (κ2) is 5.88. The first kappa shape index (κ1) is 16.4. The molecule has 2 saturated heterocycles. The molecule has 1 unspecified atom stereocenters. The Morgan fingerprint density at radius 3 is 2.48 bits per heavy atom. The van der Waals surface area contributed by atoms with Crippen molar-refractivity contribution in [3.63, 3.8) is 0 Å². The minimum absolute atomic E-state index is 0.0136. The Balaban J connectivity index is 1.69. The lowest BCUT2D eigenvalue weighted by Gasteiger charge is -2.22. The zero-order valence-electron chi connectivity index (χ0n) is 13.5. The van der Waals surface area contributed by atoms with Crippen LogP contribution >= 0.6 is 0 Å². The van der Waals surface area contributed by atoms with Crippen molar-refractivity contribution in [1.82, 2.24) is 20.1 Å². The summed E-state index contributed by atoms with van der Waals surface area (Å²) in [6, 6.07) is -0.819. The quantitative estimate of drug-likeness (QED) is 0.774. The predicted molar refractivity (Wildman–Crippen MR) is 82.2 cm³/mol. The Morgan fingerprint density at radius 2 is 1.96 bits per heavy atom. The number of nitrogens with zero attached hydrogens (tertiary/aromatic N) is 2. The van der Waals surface area contributed by atoms with E-state index in [9.17, 15) is 13.2 Å². The average molecular weight is 342 g/mol. The Morgan fingerprint density at radius 1 is 1.35 bits per heavy atom. The van der Waals surface area contributed by atoms with Crippen molar-refractivity contribution in [2.24, 2.45) is 11.8 Å². The highest BCUT2D eigenvalue weighted by atomic mass is 32.2. The van der Waals surface area contributed by atoms with Crippen molar-refractivity contribution in [1.29, 1.82) is 0 Å². The van der Waals surface area contributed by atoms with Crippen molar-refractivity contribution in [3.8, 4) is 0 Å². The fraction of sp³-hybridized carbons (Fsp3) is 0.714. The lowest BCUT2D eigenvalue weighted by Crippen LogP contribution is -2.46. The Hall–Kier alpha value is -1.45. The number of fused-ring (bicyclic) bond motifs is 1. The average Bonchev–Trinajstić information content (AvgIpc) is 3.11. The van der Waals surface area contributed by atoms with Gasteiger partial charge in [-0.25, -0.2) is 8.42 Å². The minimum Gasteiger partial charge on any atom is -0.360 e. The van der Waals surface area contributed by atoms with Crippen LogP contribution in [0.3, 0.4) is 0 Å². The number of sulfonamides is 1. The molecular formula is C14H22N4O4S. The molecular weight excluding hydrogens is 320 g/mol. The van der Waals surface area contributed by atoms with E-state index in [1.165, 1.54) is 6.92 Å². The fourth-order valence-corrected chi connectivity index (χ4v) is 5.04. The van der Waals surface area contributed by atoms with E-state index in [-0.39, 0.29) is 22.3 Å². The summed E-state index contributed by atoms with van der Waals surface area (Å²) >= 11 is 0. The summed E-state index contributed by atoms with van der Waals surface area (Å²) in [5, 5.41) is 6.97. The maximum absolute atomic E-state index is 12.5. The number of rotatable bonds is 4. The number of hydrogen-bond acceptors (Lipinski definition) is 6. The summed E-state index contributed by atoms with van der Waals surface area (Å²) in [6.07, 6.45) is 0. The van der Waals surface area contributed by atoms with Gasteiger partial charge in [-0.2, -0.15) is 4.72 Å². The second-order valence-electron chi connectivity index (χ2n) is 6.42. The minimum atomic E-state index is -3.84. The van der Waals surface area contributed by atoms with Gasteiger partial charge in [0.25, 0.3) is 0 Å². The summed E-state index contributed by atoms with van der Waals surface area (Å²) in [5.41, 5.74) is 0.288. The van der Waals surface area contributed by atoms with E-state index in [0.717, 1.165) is 13.1 Å². The molecule has 2 N–H and O–H groups in total. The lowest BCUT2D eigenvalue weighted by atomic mass is 10.0. The molecule has 2 fully saturated rings. The van der Waals surface area contributed by atoms with Crippen LogP contribution in [0.25, 0.3) is 0 Å². The van der Waals surface area contributed by atoms with Crippen LogP contribution in [0.5, 0.6) is 0 Å². The molecule has 23 heavy (non-hydrogen) atoms. The number of carbonyl (C=O) groups excluding carboxylic acids is 1. The van der Waals surface area contributed by atoms with Gasteiger partial charge in [-0.3, -0.25) is 4.79 Å². The molecule has 1 amide bonds. The van der Waals surface area contributed by atoms with E-state index in [4.69, 9.17) is 4.52 Å². The number of aryl methyl sites for hydroxylation is 2. The largest absolute Gasteiger partial charge is 0.360 e. The van der Waals surface area contributed by atoms with Gasteiger partial charge in [0.1, 0.15) is 10.6 Å². The second-order valence-corrected chi connectivity index (χ2v) is 8.07. The fourth-order valence-electron chi connectivity index (χ4n) is 3.51. The standard InChI is InChI=1S/C14H22N4O4S/c1-8-13(10(3)22-16-8)23(20,21)17-9(2)14(19)18-6-11-4-15-5-12(11)7-18/h9,11-12,15,17H,4-7H2,1-3H3/t9?,11-,12+. The molecule has 3 atom stereocenters. The smallest absolute Gasteiger partial charge is 0.246 e. The summed E-state index contributed by atoms with van der Waals surface area (Å²) < 4.78 is 32.3. The van der Waals surface area contributed by atoms with Gasteiger partial charge < -0.3 is 14.7 Å². The topological polar surface area (TPSA) is 105 Å². The molecule has 2 aliphatic rings. The Labute approximate surface area is 135 Å². The first-order chi connectivity index (χ1) is 10.8. The van der Waals surface area contributed by atoms with Gasteiger partial charge in [-0.1, -0.05) is 5.16 Å². The first-order valence-electron chi connectivity index (χ1n) is 7.74. The van der Waals surface area contributed by atoms with E-state index in [1.54, 1.807) is 18.7 Å². The highest BCUT2D eigenvalue weighted by Gasteiger charge is 2.40. The molecule has 1 aromatic rings. The Kier molecular flexibility index (Phi) is 4.19. The highest BCUT2D eigenvalue weighted by Crippen LogP contribution is 2.27. The van der Waals surface area contributed by atoms with Crippen molar-refractivity contribution in [2.75, 3.05) is 26.2 Å². The SMILES string of the molecule is Cc1noc(C)c1S(=O)(=O)NC(C)C(=O)N1C[C@H]2CNC[C@H]2C1. The summed E-state index contributed by atoms with van der Waals surface area (Å²) in [4.78, 5) is 14.3. The molecule has 0 aliphatic carbocycles. The number of carbonyl (C=O) groups is 1. The molecule has 2 aliphatic heterocycles. The third-order valence-electron chi connectivity index (χ3n) is 4.64. The summed E-state index contributed by atoms with van der Waals surface area (Å²) in [7, 11) is -3.84. The number of hydrogen-bond donors (Lipinski definition) is 2. The molecule has 0 bridgehead atoms. The molecule has 0 radical (unpaired) electrons. The molecule has 1 aromatic heterocycles. The third kappa shape index (κ3) is 3.00. The van der Waals surface area contributed by atoms with Crippen LogP contribution in [0.2, 0.25) is 0 Å². The van der Waals surface area contributed by atoms with Crippen LogP contribution < -0.4 is 10.0 Å². The zero-order valence-corrected chi connectivity index (χ0v) is 14.3. The molecule has 9 heteroatoms. The van der Waals surface area contributed by atoms with Crippen LogP contribution in [-0.4, -0.2) is 56.6 Å². The van der Waals surface area contributed by atoms with Crippen LogP contribution in [0, 0.1) is 25.7 Å². The lowest BCUT2D eigenvalue weighted by molar-refractivity contribution is -0.131.